The topological polar surface area (TPSA) is 133 Å². The van der Waals surface area contributed by atoms with Crippen LogP contribution < -0.4 is 11.1 Å². The number of hydrogen-bond donors (Lipinski definition) is 2. The van der Waals surface area contributed by atoms with Crippen molar-refractivity contribution < 1.29 is 32.6 Å². The molecular weight excluding hydrogens is 514 g/mol. The number of carbonyl (C=O) groups excluding carboxylic acids is 2. The number of hydrogen-bond acceptors (Lipinski definition) is 8. The van der Waals surface area contributed by atoms with E-state index in [2.05, 4.69) is 15.5 Å². The van der Waals surface area contributed by atoms with Gasteiger partial charge in [-0.2, -0.15) is 0 Å². The highest BCUT2D eigenvalue weighted by molar-refractivity contribution is 5.85. The molecule has 1 aliphatic rings. The zero-order valence-electron chi connectivity index (χ0n) is 21.2. The fourth-order valence-electron chi connectivity index (χ4n) is 3.82. The third kappa shape index (κ3) is 7.25. The number of nitrogens with one attached hydrogen (secondary N) is 1. The molecule has 3 aromatic rings. The van der Waals surface area contributed by atoms with Gasteiger partial charge in [0.05, 0.1) is 37.7 Å². The van der Waals surface area contributed by atoms with Crippen molar-refractivity contribution in [2.45, 2.75) is 46.1 Å². The average molecular weight is 549 g/mol. The number of nitrogens with zero attached hydrogens (tertiary/aromatic N) is 4. The van der Waals surface area contributed by atoms with Gasteiger partial charge in [0, 0.05) is 18.7 Å². The van der Waals surface area contributed by atoms with Crippen molar-refractivity contribution in [3.8, 4) is 0 Å². The molecular formula is C26H34F2N6O5. The first-order valence-corrected chi connectivity index (χ1v) is 12.1. The molecule has 0 unspecified atom stereocenters. The van der Waals surface area contributed by atoms with Gasteiger partial charge >= 0.3 is 6.09 Å². The summed E-state index contributed by atoms with van der Waals surface area (Å²) >= 11 is 0. The van der Waals surface area contributed by atoms with Crippen molar-refractivity contribution in [1.82, 2.24) is 24.8 Å². The predicted molar refractivity (Wildman–Crippen MR) is 137 cm³/mol. The third-order valence-electron chi connectivity index (χ3n) is 5.94. The number of halogens is 2. The molecule has 1 aromatic carbocycles. The average Bonchev–Trinajstić information content (AvgIpc) is 3.33. The normalized spacial score (nSPS) is 14.5. The smallest absolute Gasteiger partial charge is 0.410 e. The van der Waals surface area contributed by atoms with Crippen LogP contribution in [0.3, 0.4) is 0 Å². The molecule has 0 aliphatic carbocycles. The van der Waals surface area contributed by atoms with Crippen LogP contribution in [0.4, 0.5) is 13.6 Å². The van der Waals surface area contributed by atoms with Crippen molar-refractivity contribution in [2.75, 3.05) is 32.9 Å². The molecule has 0 radical (unpaired) electrons. The predicted octanol–water partition coefficient (Wildman–Crippen LogP) is 2.72. The lowest BCUT2D eigenvalue weighted by atomic mass is 10.1. The first-order chi connectivity index (χ1) is 18.1. The van der Waals surface area contributed by atoms with E-state index in [4.69, 9.17) is 19.9 Å². The van der Waals surface area contributed by atoms with Gasteiger partial charge in [-0.05, 0) is 38.1 Å². The summed E-state index contributed by atoms with van der Waals surface area (Å²) in [6, 6.07) is 7.80. The number of pyridine rings is 1. The number of nitrogens with two attached hydrogens (primary N) is 1. The summed E-state index contributed by atoms with van der Waals surface area (Å²) < 4.78 is 46.2. The molecule has 39 heavy (non-hydrogen) atoms. The first-order valence-electron chi connectivity index (χ1n) is 12.1. The van der Waals surface area contributed by atoms with Crippen LogP contribution in [-0.4, -0.2) is 69.9 Å². The Balaban J connectivity index is 0.00000420. The highest BCUT2D eigenvalue weighted by atomic mass is 19.1. The molecule has 212 valence electrons. The van der Waals surface area contributed by atoms with Crippen LogP contribution in [0.5, 0.6) is 0 Å². The molecule has 1 saturated heterocycles. The Kier molecular flexibility index (Phi) is 9.89. The van der Waals surface area contributed by atoms with Gasteiger partial charge in [-0.3, -0.25) is 9.20 Å². The molecule has 3 N–H and O–H groups in total. The summed E-state index contributed by atoms with van der Waals surface area (Å²) in [5.41, 5.74) is 5.48. The quantitative estimate of drug-likeness (QED) is 0.417. The van der Waals surface area contributed by atoms with E-state index in [1.165, 1.54) is 19.9 Å². The Labute approximate surface area is 225 Å². The number of aromatic nitrogens is 3. The lowest BCUT2D eigenvalue weighted by Gasteiger charge is -2.26. The number of fused-ring (bicyclic) bond motifs is 1. The van der Waals surface area contributed by atoms with Crippen molar-refractivity contribution >= 4 is 17.6 Å². The molecule has 1 fully saturated rings. The zero-order chi connectivity index (χ0) is 27.3. The van der Waals surface area contributed by atoms with E-state index in [0.29, 0.717) is 37.6 Å². The van der Waals surface area contributed by atoms with Crippen LogP contribution >= 0.6 is 0 Å². The van der Waals surface area contributed by atoms with Gasteiger partial charge in [-0.15, -0.1) is 10.2 Å². The summed E-state index contributed by atoms with van der Waals surface area (Å²) in [5.74, 6) is -1.72. The van der Waals surface area contributed by atoms with Crippen LogP contribution in [0.15, 0.2) is 36.4 Å². The number of benzene rings is 1. The van der Waals surface area contributed by atoms with Crippen LogP contribution in [-0.2, 0) is 32.2 Å². The minimum absolute atomic E-state index is 0. The second-order valence-electron chi connectivity index (χ2n) is 9.39. The Bertz CT molecular complexity index is 1270. The minimum atomic E-state index is -1.23. The summed E-state index contributed by atoms with van der Waals surface area (Å²) in [6.07, 6.45) is -0.482. The zero-order valence-corrected chi connectivity index (χ0v) is 21.2. The van der Waals surface area contributed by atoms with E-state index in [9.17, 15) is 18.4 Å². The molecule has 4 rings (SSSR count). The van der Waals surface area contributed by atoms with Gasteiger partial charge < -0.3 is 30.2 Å². The molecule has 3 heterocycles. The standard InChI is InChI=1S/C25H30F2N6O5.CH4/c1-25(2,28)23(34)29-20(15-37-14-17-18(26)6-4-7-19(17)27)22-31-30-21-8-3-5-16(33(21)22)13-38-24(35)32-9-11-36-12-10-32;/h3-8,20H,9-15,28H2,1-2H3,(H,29,34);1H4/t20-;/m1./s1. The Morgan fingerprint density at radius 1 is 1.10 bits per heavy atom. The van der Waals surface area contributed by atoms with E-state index >= 15 is 0 Å². The van der Waals surface area contributed by atoms with Crippen molar-refractivity contribution in [3.63, 3.8) is 0 Å². The van der Waals surface area contributed by atoms with Crippen molar-refractivity contribution in [3.05, 3.63) is 65.1 Å². The van der Waals surface area contributed by atoms with Crippen LogP contribution in [0.2, 0.25) is 0 Å². The Hall–Kier alpha value is -3.68. The van der Waals surface area contributed by atoms with E-state index in [1.807, 2.05) is 0 Å². The molecule has 13 heteroatoms. The summed E-state index contributed by atoms with van der Waals surface area (Å²) in [5, 5.41) is 11.2. The highest BCUT2D eigenvalue weighted by Crippen LogP contribution is 2.20. The molecule has 1 aliphatic heterocycles. The Morgan fingerprint density at radius 3 is 2.44 bits per heavy atom. The third-order valence-corrected chi connectivity index (χ3v) is 5.94. The van der Waals surface area contributed by atoms with E-state index < -0.39 is 35.2 Å². The number of morpholine rings is 1. The molecule has 11 nitrogen and oxygen atoms in total. The van der Waals surface area contributed by atoms with E-state index in [-0.39, 0.29) is 38.6 Å². The number of amides is 2. The summed E-state index contributed by atoms with van der Waals surface area (Å²) in [4.78, 5) is 26.8. The minimum Gasteiger partial charge on any atom is -0.443 e. The monoisotopic (exact) mass is 548 g/mol. The molecule has 1 atom stereocenters. The van der Waals surface area contributed by atoms with Gasteiger partial charge in [-0.25, -0.2) is 13.6 Å². The van der Waals surface area contributed by atoms with Gasteiger partial charge in [0.1, 0.15) is 24.3 Å². The fraction of sp³-hybridized carbons (Fsp3) is 0.462. The second kappa shape index (κ2) is 12.9. The maximum Gasteiger partial charge on any atom is 0.410 e. The first kappa shape index (κ1) is 29.9. The lowest BCUT2D eigenvalue weighted by molar-refractivity contribution is -0.126. The van der Waals surface area contributed by atoms with Gasteiger partial charge in [0.25, 0.3) is 0 Å². The van der Waals surface area contributed by atoms with Gasteiger partial charge in [0.2, 0.25) is 5.91 Å². The van der Waals surface area contributed by atoms with E-state index in [1.54, 1.807) is 27.5 Å². The van der Waals surface area contributed by atoms with Crippen molar-refractivity contribution in [2.24, 2.45) is 5.73 Å². The number of ether oxygens (including phenoxy) is 3. The number of carbonyl (C=O) groups is 2. The number of rotatable bonds is 9. The van der Waals surface area contributed by atoms with Gasteiger partial charge in [0.15, 0.2) is 11.5 Å². The summed E-state index contributed by atoms with van der Waals surface area (Å²) in [7, 11) is 0. The SMILES string of the molecule is C.CC(C)(N)C(=O)N[C@H](COCc1c(F)cccc1F)c1nnc2cccc(COC(=O)N3CCOCC3)n12. The largest absolute Gasteiger partial charge is 0.443 e. The maximum atomic E-state index is 14.1. The van der Waals surface area contributed by atoms with Gasteiger partial charge in [-0.1, -0.05) is 19.6 Å². The van der Waals surface area contributed by atoms with Crippen LogP contribution in [0.25, 0.3) is 5.65 Å². The van der Waals surface area contributed by atoms with Crippen molar-refractivity contribution in [1.29, 1.82) is 0 Å². The molecule has 0 saturated carbocycles. The molecule has 0 spiro atoms. The van der Waals surface area contributed by atoms with E-state index in [0.717, 1.165) is 12.1 Å². The van der Waals surface area contributed by atoms with Crippen LogP contribution in [0.1, 0.15) is 44.4 Å². The highest BCUT2D eigenvalue weighted by Gasteiger charge is 2.29. The van der Waals surface area contributed by atoms with Crippen LogP contribution in [0, 0.1) is 11.6 Å². The molecule has 2 amide bonds. The fourth-order valence-corrected chi connectivity index (χ4v) is 3.82. The molecule has 0 bridgehead atoms. The molecule has 2 aromatic heterocycles. The Morgan fingerprint density at radius 2 is 1.77 bits per heavy atom. The summed E-state index contributed by atoms with van der Waals surface area (Å²) in [6.45, 7) is 4.15. The maximum absolute atomic E-state index is 14.1. The lowest BCUT2D eigenvalue weighted by Crippen LogP contribution is -2.51. The second-order valence-corrected chi connectivity index (χ2v) is 9.39.